The van der Waals surface area contributed by atoms with Gasteiger partial charge < -0.3 is 15.3 Å². The predicted octanol–water partition coefficient (Wildman–Crippen LogP) is 2.17. The molecule has 0 aromatic carbocycles. The Labute approximate surface area is 115 Å². The summed E-state index contributed by atoms with van der Waals surface area (Å²) in [6.07, 6.45) is 1.44. The minimum absolute atomic E-state index is 0.238. The van der Waals surface area contributed by atoms with Crippen LogP contribution in [0, 0.1) is 17.8 Å². The third kappa shape index (κ3) is 4.73. The van der Waals surface area contributed by atoms with E-state index < -0.39 is 12.0 Å². The van der Waals surface area contributed by atoms with E-state index in [4.69, 9.17) is 5.11 Å². The predicted molar refractivity (Wildman–Crippen MR) is 73.9 cm³/mol. The number of likely N-dealkylation sites (tertiary alicyclic amines) is 1. The Morgan fingerprint density at radius 2 is 1.95 bits per heavy atom. The van der Waals surface area contributed by atoms with Gasteiger partial charge in [0, 0.05) is 13.1 Å². The molecule has 0 aromatic rings. The fourth-order valence-corrected chi connectivity index (χ4v) is 2.38. The SMILES string of the molecule is CC(C)C[C@@H](NC(=O)N1CCC(C)C(C)C1)C(=O)O. The van der Waals surface area contributed by atoms with Crippen LogP contribution in [-0.2, 0) is 4.79 Å². The number of carboxylic acids is 1. The minimum atomic E-state index is -0.958. The molecule has 0 spiro atoms. The third-order valence-corrected chi connectivity index (χ3v) is 3.92. The Bertz CT molecular complexity index is 331. The van der Waals surface area contributed by atoms with E-state index >= 15 is 0 Å². The third-order valence-electron chi connectivity index (χ3n) is 3.92. The number of carbonyl (C=O) groups is 2. The van der Waals surface area contributed by atoms with Crippen molar-refractivity contribution in [2.75, 3.05) is 13.1 Å². The maximum absolute atomic E-state index is 12.1. The molecule has 1 fully saturated rings. The molecule has 1 heterocycles. The molecule has 5 heteroatoms. The van der Waals surface area contributed by atoms with Crippen molar-refractivity contribution in [1.29, 1.82) is 0 Å². The van der Waals surface area contributed by atoms with Gasteiger partial charge in [-0.05, 0) is 30.6 Å². The molecule has 0 aliphatic carbocycles. The number of rotatable bonds is 4. The zero-order chi connectivity index (χ0) is 14.6. The Kier molecular flexibility index (Phi) is 5.63. The van der Waals surface area contributed by atoms with Crippen LogP contribution in [0.2, 0.25) is 0 Å². The number of piperidine rings is 1. The van der Waals surface area contributed by atoms with E-state index in [1.165, 1.54) is 0 Å². The van der Waals surface area contributed by atoms with Gasteiger partial charge in [0.25, 0.3) is 0 Å². The first-order chi connectivity index (χ1) is 8.81. The average molecular weight is 270 g/mol. The van der Waals surface area contributed by atoms with Crippen LogP contribution in [0.25, 0.3) is 0 Å². The lowest BCUT2D eigenvalue weighted by Gasteiger charge is -2.35. The van der Waals surface area contributed by atoms with Crippen molar-refractivity contribution in [3.05, 3.63) is 0 Å². The van der Waals surface area contributed by atoms with E-state index in [-0.39, 0.29) is 11.9 Å². The van der Waals surface area contributed by atoms with Gasteiger partial charge in [0.15, 0.2) is 0 Å². The number of aliphatic carboxylic acids is 1. The molecule has 2 N–H and O–H groups in total. The summed E-state index contributed by atoms with van der Waals surface area (Å²) in [7, 11) is 0. The molecule has 0 saturated carbocycles. The molecule has 1 aliphatic rings. The largest absolute Gasteiger partial charge is 0.480 e. The highest BCUT2D eigenvalue weighted by Crippen LogP contribution is 2.22. The monoisotopic (exact) mass is 270 g/mol. The van der Waals surface area contributed by atoms with Crippen molar-refractivity contribution in [2.24, 2.45) is 17.8 Å². The van der Waals surface area contributed by atoms with Crippen LogP contribution in [0.1, 0.15) is 40.5 Å². The first-order valence-corrected chi connectivity index (χ1v) is 7.09. The summed E-state index contributed by atoms with van der Waals surface area (Å²) in [5.41, 5.74) is 0. The summed E-state index contributed by atoms with van der Waals surface area (Å²) in [4.78, 5) is 25.0. The highest BCUT2D eigenvalue weighted by molar-refractivity contribution is 5.82. The molecule has 0 bridgehead atoms. The summed E-state index contributed by atoms with van der Waals surface area (Å²) < 4.78 is 0. The fraction of sp³-hybridized carbons (Fsp3) is 0.857. The van der Waals surface area contributed by atoms with Crippen LogP contribution in [0.4, 0.5) is 4.79 Å². The van der Waals surface area contributed by atoms with Gasteiger partial charge in [-0.25, -0.2) is 9.59 Å². The maximum atomic E-state index is 12.1. The second-order valence-corrected chi connectivity index (χ2v) is 6.16. The number of amides is 2. The fourth-order valence-electron chi connectivity index (χ4n) is 2.38. The maximum Gasteiger partial charge on any atom is 0.326 e. The quantitative estimate of drug-likeness (QED) is 0.822. The number of nitrogens with zero attached hydrogens (tertiary/aromatic N) is 1. The van der Waals surface area contributed by atoms with Crippen molar-refractivity contribution in [1.82, 2.24) is 10.2 Å². The summed E-state index contributed by atoms with van der Waals surface area (Å²) in [5.74, 6) is 0.366. The van der Waals surface area contributed by atoms with Crippen LogP contribution >= 0.6 is 0 Å². The highest BCUT2D eigenvalue weighted by atomic mass is 16.4. The van der Waals surface area contributed by atoms with Crippen molar-refractivity contribution in [2.45, 2.75) is 46.6 Å². The molecule has 19 heavy (non-hydrogen) atoms. The van der Waals surface area contributed by atoms with E-state index in [1.54, 1.807) is 4.90 Å². The van der Waals surface area contributed by atoms with E-state index in [9.17, 15) is 9.59 Å². The lowest BCUT2D eigenvalue weighted by atomic mass is 9.89. The topological polar surface area (TPSA) is 69.6 Å². The van der Waals surface area contributed by atoms with Gasteiger partial charge in [0.1, 0.15) is 6.04 Å². The van der Waals surface area contributed by atoms with Gasteiger partial charge in [-0.2, -0.15) is 0 Å². The normalized spacial score (nSPS) is 25.2. The number of carboxylic acid groups (broad SMARTS) is 1. The zero-order valence-electron chi connectivity index (χ0n) is 12.3. The lowest BCUT2D eigenvalue weighted by Crippen LogP contribution is -2.51. The molecule has 5 nitrogen and oxygen atoms in total. The highest BCUT2D eigenvalue weighted by Gasteiger charge is 2.28. The Balaban J connectivity index is 2.55. The van der Waals surface area contributed by atoms with Gasteiger partial charge in [0.2, 0.25) is 0 Å². The van der Waals surface area contributed by atoms with Crippen molar-refractivity contribution >= 4 is 12.0 Å². The smallest absolute Gasteiger partial charge is 0.326 e. The van der Waals surface area contributed by atoms with Crippen molar-refractivity contribution < 1.29 is 14.7 Å². The summed E-state index contributed by atoms with van der Waals surface area (Å²) in [6.45, 7) is 9.65. The standard InChI is InChI=1S/C14H26N2O3/c1-9(2)7-12(13(17)18)15-14(19)16-6-5-10(3)11(4)8-16/h9-12H,5-8H2,1-4H3,(H,15,19)(H,17,18)/t10?,11?,12-/m1/s1. The summed E-state index contributed by atoms with van der Waals surface area (Å²) in [6, 6.07) is -1.03. The number of urea groups is 1. The molecule has 110 valence electrons. The number of hydrogen-bond donors (Lipinski definition) is 2. The lowest BCUT2D eigenvalue weighted by molar-refractivity contribution is -0.139. The molecule has 2 unspecified atom stereocenters. The van der Waals surface area contributed by atoms with Crippen LogP contribution in [-0.4, -0.2) is 41.1 Å². The first-order valence-electron chi connectivity index (χ1n) is 7.09. The Morgan fingerprint density at radius 3 is 2.42 bits per heavy atom. The Morgan fingerprint density at radius 1 is 1.32 bits per heavy atom. The second kappa shape index (κ2) is 6.78. The Hall–Kier alpha value is -1.26. The summed E-state index contributed by atoms with van der Waals surface area (Å²) in [5, 5.41) is 11.8. The van der Waals surface area contributed by atoms with Crippen LogP contribution < -0.4 is 5.32 Å². The van der Waals surface area contributed by atoms with Crippen molar-refractivity contribution in [3.63, 3.8) is 0 Å². The molecular formula is C14H26N2O3. The molecule has 1 rings (SSSR count). The summed E-state index contributed by atoms with van der Waals surface area (Å²) >= 11 is 0. The molecule has 3 atom stereocenters. The van der Waals surface area contributed by atoms with Crippen LogP contribution in [0.5, 0.6) is 0 Å². The minimum Gasteiger partial charge on any atom is -0.480 e. The van der Waals surface area contributed by atoms with E-state index in [1.807, 2.05) is 13.8 Å². The average Bonchev–Trinajstić information content (AvgIpc) is 2.31. The van der Waals surface area contributed by atoms with Crippen molar-refractivity contribution in [3.8, 4) is 0 Å². The van der Waals surface area contributed by atoms with E-state index in [0.717, 1.165) is 6.42 Å². The van der Waals surface area contributed by atoms with Crippen LogP contribution in [0.15, 0.2) is 0 Å². The van der Waals surface area contributed by atoms with E-state index in [0.29, 0.717) is 31.3 Å². The molecule has 2 amide bonds. The van der Waals surface area contributed by atoms with Gasteiger partial charge in [-0.1, -0.05) is 27.7 Å². The molecular weight excluding hydrogens is 244 g/mol. The molecule has 0 radical (unpaired) electrons. The first kappa shape index (κ1) is 15.8. The van der Waals surface area contributed by atoms with Gasteiger partial charge in [-0.15, -0.1) is 0 Å². The van der Waals surface area contributed by atoms with Gasteiger partial charge in [0.05, 0.1) is 0 Å². The zero-order valence-corrected chi connectivity index (χ0v) is 12.3. The number of carbonyl (C=O) groups excluding carboxylic acids is 1. The number of nitrogens with one attached hydrogen (secondary N) is 1. The number of hydrogen-bond acceptors (Lipinski definition) is 2. The van der Waals surface area contributed by atoms with Crippen LogP contribution in [0.3, 0.4) is 0 Å². The van der Waals surface area contributed by atoms with Gasteiger partial charge in [-0.3, -0.25) is 0 Å². The van der Waals surface area contributed by atoms with E-state index in [2.05, 4.69) is 19.2 Å². The molecule has 1 saturated heterocycles. The molecule has 0 aromatic heterocycles. The molecule has 1 aliphatic heterocycles. The second-order valence-electron chi connectivity index (χ2n) is 6.16. The van der Waals surface area contributed by atoms with Gasteiger partial charge >= 0.3 is 12.0 Å².